The maximum absolute atomic E-state index is 12.3. The highest BCUT2D eigenvalue weighted by Crippen LogP contribution is 2.28. The summed E-state index contributed by atoms with van der Waals surface area (Å²) in [6, 6.07) is 3.26. The van der Waals surface area contributed by atoms with Crippen molar-refractivity contribution in [2.45, 2.75) is 12.7 Å². The third-order valence-electron chi connectivity index (χ3n) is 2.19. The zero-order valence-electron chi connectivity index (χ0n) is 8.65. The monoisotopic (exact) mass is 242 g/mol. The smallest absolute Gasteiger partial charge is 0.326 e. The maximum Gasteiger partial charge on any atom is 0.419 e. The van der Waals surface area contributed by atoms with Gasteiger partial charge in [-0.25, -0.2) is 9.67 Å². The Kier molecular flexibility index (Phi) is 2.84. The third-order valence-corrected chi connectivity index (χ3v) is 2.19. The first-order valence-electron chi connectivity index (χ1n) is 4.78. The Morgan fingerprint density at radius 1 is 1.24 bits per heavy atom. The fourth-order valence-electron chi connectivity index (χ4n) is 1.27. The molecule has 0 aromatic carbocycles. The van der Waals surface area contributed by atoms with Crippen LogP contribution in [0.3, 0.4) is 0 Å². The summed E-state index contributed by atoms with van der Waals surface area (Å²) >= 11 is 0. The van der Waals surface area contributed by atoms with E-state index in [1.54, 1.807) is 12.1 Å². The Morgan fingerprint density at radius 3 is 2.47 bits per heavy atom. The van der Waals surface area contributed by atoms with E-state index in [1.807, 2.05) is 0 Å². The summed E-state index contributed by atoms with van der Waals surface area (Å²) < 4.78 is 38.1. The summed E-state index contributed by atoms with van der Waals surface area (Å²) in [6.45, 7) is 0.334. The van der Waals surface area contributed by atoms with Gasteiger partial charge in [0, 0.05) is 18.9 Å². The number of halogens is 3. The van der Waals surface area contributed by atoms with Gasteiger partial charge in [-0.1, -0.05) is 6.07 Å². The summed E-state index contributed by atoms with van der Waals surface area (Å²) in [5.74, 6) is 0.317. The number of pyridine rings is 1. The fourth-order valence-corrected chi connectivity index (χ4v) is 1.27. The number of hydrogen-bond acceptors (Lipinski definition) is 3. The Morgan fingerprint density at radius 2 is 2.00 bits per heavy atom. The minimum Gasteiger partial charge on any atom is -0.326 e. The number of nitrogens with zero attached hydrogens (tertiary/aromatic N) is 3. The molecule has 0 aliphatic heterocycles. The Bertz CT molecular complexity index is 501. The van der Waals surface area contributed by atoms with Crippen LogP contribution in [-0.4, -0.2) is 14.8 Å². The average molecular weight is 242 g/mol. The van der Waals surface area contributed by atoms with Gasteiger partial charge in [0.15, 0.2) is 5.82 Å². The van der Waals surface area contributed by atoms with Gasteiger partial charge < -0.3 is 5.73 Å². The molecule has 0 bridgehead atoms. The average Bonchev–Trinajstić information content (AvgIpc) is 2.78. The topological polar surface area (TPSA) is 56.7 Å². The van der Waals surface area contributed by atoms with E-state index in [4.69, 9.17) is 5.73 Å². The summed E-state index contributed by atoms with van der Waals surface area (Å²) in [5, 5.41) is 3.61. The second-order valence-corrected chi connectivity index (χ2v) is 3.40. The van der Waals surface area contributed by atoms with Crippen LogP contribution in [0.25, 0.3) is 5.82 Å². The van der Waals surface area contributed by atoms with Crippen molar-refractivity contribution in [2.75, 3.05) is 0 Å². The molecule has 0 spiro atoms. The molecule has 0 atom stereocenters. The number of aromatic nitrogens is 3. The summed E-state index contributed by atoms with van der Waals surface area (Å²) in [6.07, 6.45) is -1.23. The highest BCUT2D eigenvalue weighted by atomic mass is 19.4. The van der Waals surface area contributed by atoms with Crippen molar-refractivity contribution in [1.82, 2.24) is 14.8 Å². The van der Waals surface area contributed by atoms with Gasteiger partial charge in [0.05, 0.1) is 11.8 Å². The van der Waals surface area contributed by atoms with Gasteiger partial charge in [-0.2, -0.15) is 18.3 Å². The van der Waals surface area contributed by atoms with Gasteiger partial charge in [-0.05, 0) is 11.6 Å². The molecule has 2 aromatic rings. The second kappa shape index (κ2) is 4.17. The molecular formula is C10H9F3N4. The van der Waals surface area contributed by atoms with E-state index in [0.29, 0.717) is 12.4 Å². The number of rotatable bonds is 2. The van der Waals surface area contributed by atoms with Gasteiger partial charge in [-0.3, -0.25) is 0 Å². The molecule has 0 aliphatic rings. The lowest BCUT2D eigenvalue weighted by atomic mass is 10.3. The predicted molar refractivity (Wildman–Crippen MR) is 54.3 cm³/mol. The molecule has 0 saturated carbocycles. The molecule has 17 heavy (non-hydrogen) atoms. The molecule has 2 N–H and O–H groups in total. The van der Waals surface area contributed by atoms with E-state index in [1.165, 1.54) is 6.20 Å². The van der Waals surface area contributed by atoms with Crippen molar-refractivity contribution in [3.63, 3.8) is 0 Å². The first kappa shape index (κ1) is 11.6. The van der Waals surface area contributed by atoms with Gasteiger partial charge in [0.25, 0.3) is 0 Å². The molecular weight excluding hydrogens is 233 g/mol. The van der Waals surface area contributed by atoms with E-state index < -0.39 is 11.7 Å². The van der Waals surface area contributed by atoms with Crippen molar-refractivity contribution in [1.29, 1.82) is 0 Å². The zero-order chi connectivity index (χ0) is 12.5. The Hall–Kier alpha value is -1.89. The highest BCUT2D eigenvalue weighted by Gasteiger charge is 2.32. The van der Waals surface area contributed by atoms with Crippen LogP contribution in [0.2, 0.25) is 0 Å². The van der Waals surface area contributed by atoms with E-state index in [0.717, 1.165) is 22.6 Å². The summed E-state index contributed by atoms with van der Waals surface area (Å²) in [4.78, 5) is 3.97. The van der Waals surface area contributed by atoms with Crippen LogP contribution in [0.5, 0.6) is 0 Å². The molecule has 2 heterocycles. The molecule has 4 nitrogen and oxygen atoms in total. The zero-order valence-corrected chi connectivity index (χ0v) is 8.65. The third kappa shape index (κ3) is 2.44. The van der Waals surface area contributed by atoms with Crippen LogP contribution in [0.4, 0.5) is 13.2 Å². The number of hydrogen-bond donors (Lipinski definition) is 1. The molecule has 0 aliphatic carbocycles. The van der Waals surface area contributed by atoms with Crippen molar-refractivity contribution >= 4 is 0 Å². The predicted octanol–water partition coefficient (Wildman–Crippen LogP) is 1.74. The Balaban J connectivity index is 2.30. The van der Waals surface area contributed by atoms with Crippen molar-refractivity contribution in [2.24, 2.45) is 5.73 Å². The van der Waals surface area contributed by atoms with Gasteiger partial charge in [0.1, 0.15) is 0 Å². The number of nitrogens with two attached hydrogens (primary N) is 1. The van der Waals surface area contributed by atoms with Crippen LogP contribution in [0.15, 0.2) is 30.7 Å². The SMILES string of the molecule is NCc1ccc(-n2cc(C(F)(F)F)cn2)nc1. The van der Waals surface area contributed by atoms with E-state index >= 15 is 0 Å². The molecule has 0 radical (unpaired) electrons. The minimum absolute atomic E-state index is 0.317. The second-order valence-electron chi connectivity index (χ2n) is 3.40. The van der Waals surface area contributed by atoms with Crippen LogP contribution in [0.1, 0.15) is 11.1 Å². The van der Waals surface area contributed by atoms with Crippen LogP contribution < -0.4 is 5.73 Å². The normalized spacial score (nSPS) is 11.8. The van der Waals surface area contributed by atoms with Gasteiger partial charge in [-0.15, -0.1) is 0 Å². The van der Waals surface area contributed by atoms with Crippen LogP contribution >= 0.6 is 0 Å². The molecule has 0 unspecified atom stereocenters. The Labute approximate surface area is 94.9 Å². The van der Waals surface area contributed by atoms with E-state index in [2.05, 4.69) is 10.1 Å². The van der Waals surface area contributed by atoms with Gasteiger partial charge >= 0.3 is 6.18 Å². The molecule has 7 heteroatoms. The molecule has 0 fully saturated rings. The fraction of sp³-hybridized carbons (Fsp3) is 0.200. The van der Waals surface area contributed by atoms with E-state index in [-0.39, 0.29) is 0 Å². The lowest BCUT2D eigenvalue weighted by Gasteiger charge is -2.02. The van der Waals surface area contributed by atoms with E-state index in [9.17, 15) is 13.2 Å². The van der Waals surface area contributed by atoms with Crippen LogP contribution in [0, 0.1) is 0 Å². The van der Waals surface area contributed by atoms with Crippen molar-refractivity contribution < 1.29 is 13.2 Å². The molecule has 0 amide bonds. The standard InChI is InChI=1S/C10H9F3N4/c11-10(12,13)8-5-16-17(6-8)9-2-1-7(3-14)4-15-9/h1-2,4-6H,3,14H2. The largest absolute Gasteiger partial charge is 0.419 e. The molecule has 0 saturated heterocycles. The van der Waals surface area contributed by atoms with Crippen molar-refractivity contribution in [3.05, 3.63) is 41.9 Å². The highest BCUT2D eigenvalue weighted by molar-refractivity contribution is 5.26. The van der Waals surface area contributed by atoms with Gasteiger partial charge in [0.2, 0.25) is 0 Å². The molecule has 2 rings (SSSR count). The minimum atomic E-state index is -4.39. The lowest BCUT2D eigenvalue weighted by molar-refractivity contribution is -0.137. The first-order chi connectivity index (χ1) is 8.00. The summed E-state index contributed by atoms with van der Waals surface area (Å²) in [5.41, 5.74) is 5.39. The maximum atomic E-state index is 12.3. The van der Waals surface area contributed by atoms with Crippen molar-refractivity contribution in [3.8, 4) is 5.82 Å². The van der Waals surface area contributed by atoms with Crippen LogP contribution in [-0.2, 0) is 12.7 Å². The lowest BCUT2D eigenvalue weighted by Crippen LogP contribution is -2.04. The molecule has 2 aromatic heterocycles. The quantitative estimate of drug-likeness (QED) is 0.872. The first-order valence-corrected chi connectivity index (χ1v) is 4.78. The summed E-state index contributed by atoms with van der Waals surface area (Å²) in [7, 11) is 0. The number of alkyl halides is 3. The molecule has 90 valence electrons.